The van der Waals surface area contributed by atoms with Crippen LogP contribution in [0.3, 0.4) is 0 Å². The topological polar surface area (TPSA) is 114 Å². The van der Waals surface area contributed by atoms with Gasteiger partial charge in [-0.15, -0.1) is 11.3 Å². The van der Waals surface area contributed by atoms with Crippen LogP contribution in [0.4, 0.5) is 4.39 Å². The standard InChI is InChI=1S/C25H22ClFN6O4S/c1-32-19-17(22(34)31-32)20-25(19)10-37-9-15(25)33(20)8-14-16(24(35)36-2)18(12-4-3-11(27)7-13(12)26)30-21(29-14)23-28-5-6-38-23/h3-7,15,18,20H,8-10H2,1-2H3,(H,29,30)(H,31,34)/t15?,18-,20?,25?/m0/s1. The van der Waals surface area contributed by atoms with E-state index in [-0.39, 0.29) is 33.7 Å². The van der Waals surface area contributed by atoms with Crippen molar-refractivity contribution in [1.29, 1.82) is 0 Å². The monoisotopic (exact) mass is 556 g/mol. The molecule has 0 saturated carbocycles. The van der Waals surface area contributed by atoms with E-state index < -0.39 is 17.8 Å². The zero-order valence-electron chi connectivity index (χ0n) is 20.3. The number of methoxy groups -OCH3 is 1. The molecule has 38 heavy (non-hydrogen) atoms. The van der Waals surface area contributed by atoms with Gasteiger partial charge in [-0.1, -0.05) is 17.7 Å². The lowest BCUT2D eigenvalue weighted by Gasteiger charge is -2.65. The lowest BCUT2D eigenvalue weighted by atomic mass is 9.53. The van der Waals surface area contributed by atoms with Crippen molar-refractivity contribution in [1.82, 2.24) is 25.0 Å². The number of fused-ring (bicyclic) bond motifs is 2. The molecule has 3 aromatic rings. The Balaban J connectivity index is 1.34. The second-order valence-corrected chi connectivity index (χ2v) is 11.1. The van der Waals surface area contributed by atoms with Crippen molar-refractivity contribution in [2.75, 3.05) is 26.9 Å². The minimum atomic E-state index is -0.853. The molecular formula is C25H22ClFN6O4S. The van der Waals surface area contributed by atoms with Crippen LogP contribution in [0.1, 0.15) is 33.9 Å². The first kappa shape index (κ1) is 23.8. The predicted molar refractivity (Wildman–Crippen MR) is 137 cm³/mol. The number of likely N-dealkylation sites (tertiary alicyclic amines) is 1. The maximum absolute atomic E-state index is 13.9. The van der Waals surface area contributed by atoms with E-state index in [2.05, 4.69) is 20.3 Å². The van der Waals surface area contributed by atoms with E-state index in [1.54, 1.807) is 10.9 Å². The van der Waals surface area contributed by atoms with Gasteiger partial charge in [0.25, 0.3) is 5.56 Å². The quantitative estimate of drug-likeness (QED) is 0.463. The van der Waals surface area contributed by atoms with Gasteiger partial charge in [0.15, 0.2) is 10.8 Å². The number of carbonyl (C=O) groups is 1. The number of ether oxygens (including phenoxy) is 2. The minimum Gasteiger partial charge on any atom is -0.466 e. The third kappa shape index (κ3) is 3.05. The van der Waals surface area contributed by atoms with Crippen LogP contribution in [-0.4, -0.2) is 64.4 Å². The van der Waals surface area contributed by atoms with Gasteiger partial charge in [0.05, 0.1) is 48.6 Å². The highest BCUT2D eigenvalue weighted by molar-refractivity contribution is 7.11. The van der Waals surface area contributed by atoms with Gasteiger partial charge in [-0.3, -0.25) is 24.5 Å². The summed E-state index contributed by atoms with van der Waals surface area (Å²) in [6.45, 7) is 1.35. The first-order valence-electron chi connectivity index (χ1n) is 12.0. The molecule has 0 bridgehead atoms. The zero-order chi connectivity index (χ0) is 26.3. The summed E-state index contributed by atoms with van der Waals surface area (Å²) in [5.41, 5.74) is 2.64. The fourth-order valence-corrected chi connectivity index (χ4v) is 7.42. The molecule has 4 aliphatic rings. The highest BCUT2D eigenvalue weighted by Gasteiger charge is 2.74. The predicted octanol–water partition coefficient (Wildman–Crippen LogP) is 2.19. The number of hydrogen-bond donors (Lipinski definition) is 2. The minimum absolute atomic E-state index is 0.0321. The van der Waals surface area contributed by atoms with Crippen molar-refractivity contribution < 1.29 is 18.7 Å². The van der Waals surface area contributed by atoms with Crippen LogP contribution in [0, 0.1) is 5.82 Å². The van der Waals surface area contributed by atoms with E-state index in [1.165, 1.54) is 36.6 Å². The molecule has 3 aliphatic heterocycles. The summed E-state index contributed by atoms with van der Waals surface area (Å²) in [7, 11) is 3.15. The van der Waals surface area contributed by atoms with Crippen LogP contribution in [-0.2, 0) is 26.7 Å². The van der Waals surface area contributed by atoms with Crippen molar-refractivity contribution in [3.05, 3.63) is 84.1 Å². The van der Waals surface area contributed by atoms with Crippen molar-refractivity contribution in [2.24, 2.45) is 12.0 Å². The molecule has 196 valence electrons. The van der Waals surface area contributed by atoms with Gasteiger partial charge >= 0.3 is 5.97 Å². The average molecular weight is 557 g/mol. The maximum atomic E-state index is 13.9. The number of carbonyl (C=O) groups excluding carboxylic acids is 1. The molecular weight excluding hydrogens is 535 g/mol. The van der Waals surface area contributed by atoms with Gasteiger partial charge in [0.1, 0.15) is 11.9 Å². The third-order valence-electron chi connectivity index (χ3n) is 8.01. The van der Waals surface area contributed by atoms with Crippen molar-refractivity contribution in [3.63, 3.8) is 0 Å². The van der Waals surface area contributed by atoms with Gasteiger partial charge < -0.3 is 14.8 Å². The largest absolute Gasteiger partial charge is 0.466 e. The second-order valence-electron chi connectivity index (χ2n) is 9.80. The lowest BCUT2D eigenvalue weighted by molar-refractivity contribution is -0.136. The summed E-state index contributed by atoms with van der Waals surface area (Å²) >= 11 is 7.85. The van der Waals surface area contributed by atoms with Crippen LogP contribution in [0.5, 0.6) is 0 Å². The van der Waals surface area contributed by atoms with Gasteiger partial charge in [-0.2, -0.15) is 0 Å². The maximum Gasteiger partial charge on any atom is 0.338 e. The number of thiazole rings is 1. The molecule has 1 aromatic carbocycles. The number of aryl methyl sites for hydroxylation is 1. The van der Waals surface area contributed by atoms with E-state index in [0.717, 1.165) is 11.3 Å². The van der Waals surface area contributed by atoms with Crippen LogP contribution in [0.2, 0.25) is 5.02 Å². The Morgan fingerprint density at radius 1 is 1.42 bits per heavy atom. The molecule has 2 fully saturated rings. The molecule has 10 nitrogen and oxygen atoms in total. The second kappa shape index (κ2) is 8.34. The van der Waals surface area contributed by atoms with Crippen LogP contribution >= 0.6 is 22.9 Å². The number of H-pyrrole nitrogens is 1. The molecule has 2 aromatic heterocycles. The number of halogens is 2. The molecule has 1 spiro atoms. The molecule has 0 amide bonds. The summed E-state index contributed by atoms with van der Waals surface area (Å²) in [6, 6.07) is 3.05. The SMILES string of the molecule is COC(=O)C1=C(CN2C3COCC34c3c(c(=O)[nH]n3C)C24)NC(c2nccs2)=N[C@H]1c1ccc(F)cc1Cl. The Labute approximate surface area is 224 Å². The number of nitrogens with zero attached hydrogens (tertiary/aromatic N) is 4. The number of hydrogen-bond acceptors (Lipinski definition) is 9. The zero-order valence-corrected chi connectivity index (χ0v) is 21.9. The van der Waals surface area contributed by atoms with Crippen LogP contribution in [0.15, 0.2) is 50.8 Å². The third-order valence-corrected chi connectivity index (χ3v) is 9.12. The number of amidine groups is 1. The highest BCUT2D eigenvalue weighted by atomic mass is 35.5. The highest BCUT2D eigenvalue weighted by Crippen LogP contribution is 2.66. The van der Waals surface area contributed by atoms with Crippen molar-refractivity contribution in [2.45, 2.75) is 23.5 Å². The Hall–Kier alpha value is -3.32. The van der Waals surface area contributed by atoms with E-state index in [4.69, 9.17) is 26.1 Å². The van der Waals surface area contributed by atoms with Gasteiger partial charge in [-0.25, -0.2) is 14.2 Å². The molecule has 7 rings (SSSR count). The molecule has 1 aliphatic carbocycles. The van der Waals surface area contributed by atoms with Crippen molar-refractivity contribution >= 4 is 34.7 Å². The first-order chi connectivity index (χ1) is 18.3. The summed E-state index contributed by atoms with van der Waals surface area (Å²) in [5.74, 6) is -0.608. The fourth-order valence-electron chi connectivity index (χ4n) is 6.56. The Bertz CT molecular complexity index is 1610. The number of aromatic amines is 1. The smallest absolute Gasteiger partial charge is 0.338 e. The molecule has 5 heterocycles. The van der Waals surface area contributed by atoms with Crippen LogP contribution < -0.4 is 10.9 Å². The van der Waals surface area contributed by atoms with E-state index in [1.807, 2.05) is 12.4 Å². The van der Waals surface area contributed by atoms with Gasteiger partial charge in [0, 0.05) is 47.5 Å². The normalized spacial score (nSPS) is 27.5. The molecule has 0 radical (unpaired) electrons. The average Bonchev–Trinajstić information content (AvgIpc) is 3.61. The van der Waals surface area contributed by atoms with Crippen molar-refractivity contribution in [3.8, 4) is 0 Å². The van der Waals surface area contributed by atoms with E-state index >= 15 is 0 Å². The molecule has 4 atom stereocenters. The number of nitrogens with one attached hydrogen (secondary N) is 2. The van der Waals surface area contributed by atoms with E-state index in [9.17, 15) is 14.0 Å². The summed E-state index contributed by atoms with van der Waals surface area (Å²) in [5, 5.41) is 8.80. The Kier molecular flexibility index (Phi) is 5.22. The Morgan fingerprint density at radius 2 is 2.26 bits per heavy atom. The molecule has 13 heteroatoms. The fraction of sp³-hybridized carbons (Fsp3) is 0.360. The summed E-state index contributed by atoms with van der Waals surface area (Å²) in [4.78, 5) is 37.3. The van der Waals surface area contributed by atoms with E-state index in [0.29, 0.717) is 41.9 Å². The molecule has 3 unspecified atom stereocenters. The molecule has 2 saturated heterocycles. The number of rotatable bonds is 5. The first-order valence-corrected chi connectivity index (χ1v) is 13.2. The number of benzene rings is 1. The number of aromatic nitrogens is 3. The van der Waals surface area contributed by atoms with Gasteiger partial charge in [0.2, 0.25) is 0 Å². The lowest BCUT2D eigenvalue weighted by Crippen LogP contribution is -2.75. The number of esters is 1. The van der Waals surface area contributed by atoms with Crippen LogP contribution in [0.25, 0.3) is 0 Å². The number of aliphatic imine (C=N–C) groups is 1. The molecule has 2 N–H and O–H groups in total. The summed E-state index contributed by atoms with van der Waals surface area (Å²) in [6.07, 6.45) is 1.67. The van der Waals surface area contributed by atoms with Gasteiger partial charge in [-0.05, 0) is 12.1 Å². The summed E-state index contributed by atoms with van der Waals surface area (Å²) < 4.78 is 26.8. The Morgan fingerprint density at radius 3 is 3.00 bits per heavy atom.